The molecule has 0 aliphatic heterocycles. The van der Waals surface area contributed by atoms with Crippen LogP contribution in [0.5, 0.6) is 0 Å². The zero-order valence-corrected chi connectivity index (χ0v) is 12.0. The van der Waals surface area contributed by atoms with E-state index in [0.29, 0.717) is 12.0 Å². The third-order valence-corrected chi connectivity index (χ3v) is 3.33. The summed E-state index contributed by atoms with van der Waals surface area (Å²) in [7, 11) is 0. The topological polar surface area (TPSA) is 94.7 Å². The molecule has 2 heterocycles. The Hall–Kier alpha value is -3.22. The van der Waals surface area contributed by atoms with Crippen molar-refractivity contribution in [2.24, 2.45) is 0 Å². The van der Waals surface area contributed by atoms with E-state index in [2.05, 4.69) is 20.2 Å². The Bertz CT molecular complexity index is 835. The SMILES string of the molecule is O=C(/C=C(\O)c1c[nH]cc1Cc1ccc(F)cc1)c1ncn[nH]1. The van der Waals surface area contributed by atoms with Gasteiger partial charge in [0.1, 0.15) is 17.9 Å². The molecular weight excluding hydrogens is 299 g/mol. The van der Waals surface area contributed by atoms with E-state index in [0.717, 1.165) is 17.2 Å². The van der Waals surface area contributed by atoms with Gasteiger partial charge in [0.05, 0.1) is 0 Å². The molecule has 0 aliphatic rings. The number of allylic oxidation sites excluding steroid dienone is 1. The zero-order chi connectivity index (χ0) is 16.2. The van der Waals surface area contributed by atoms with Crippen molar-refractivity contribution in [2.75, 3.05) is 0 Å². The third-order valence-electron chi connectivity index (χ3n) is 3.33. The summed E-state index contributed by atoms with van der Waals surface area (Å²) in [5, 5.41) is 16.2. The Morgan fingerprint density at radius 1 is 1.26 bits per heavy atom. The number of ketones is 1. The number of benzene rings is 1. The van der Waals surface area contributed by atoms with Gasteiger partial charge in [-0.15, -0.1) is 0 Å². The molecule has 116 valence electrons. The van der Waals surface area contributed by atoms with Gasteiger partial charge in [-0.25, -0.2) is 9.37 Å². The van der Waals surface area contributed by atoms with Gasteiger partial charge in [0, 0.05) is 24.0 Å². The highest BCUT2D eigenvalue weighted by atomic mass is 19.1. The first-order valence-electron chi connectivity index (χ1n) is 6.84. The minimum absolute atomic E-state index is 0.0483. The molecule has 3 aromatic rings. The maximum absolute atomic E-state index is 12.9. The summed E-state index contributed by atoms with van der Waals surface area (Å²) in [6.45, 7) is 0. The highest BCUT2D eigenvalue weighted by molar-refractivity contribution is 6.05. The molecule has 3 rings (SSSR count). The molecule has 0 saturated carbocycles. The Morgan fingerprint density at radius 3 is 2.74 bits per heavy atom. The number of aliphatic hydroxyl groups is 1. The van der Waals surface area contributed by atoms with E-state index in [1.807, 2.05) is 0 Å². The molecule has 0 radical (unpaired) electrons. The number of H-pyrrole nitrogens is 2. The summed E-state index contributed by atoms with van der Waals surface area (Å²) in [4.78, 5) is 18.5. The molecule has 7 heteroatoms. The van der Waals surface area contributed by atoms with Gasteiger partial charge >= 0.3 is 0 Å². The summed E-state index contributed by atoms with van der Waals surface area (Å²) < 4.78 is 12.9. The van der Waals surface area contributed by atoms with Crippen molar-refractivity contribution < 1.29 is 14.3 Å². The van der Waals surface area contributed by atoms with Crippen molar-refractivity contribution in [2.45, 2.75) is 6.42 Å². The number of aromatic nitrogens is 4. The molecule has 0 amide bonds. The van der Waals surface area contributed by atoms with Crippen LogP contribution >= 0.6 is 0 Å². The molecule has 3 N–H and O–H groups in total. The molecular formula is C16H13FN4O2. The van der Waals surface area contributed by atoms with Gasteiger partial charge in [0.2, 0.25) is 5.78 Å². The van der Waals surface area contributed by atoms with Crippen LogP contribution in [-0.2, 0) is 6.42 Å². The zero-order valence-electron chi connectivity index (χ0n) is 12.0. The molecule has 0 spiro atoms. The fourth-order valence-corrected chi connectivity index (χ4v) is 2.20. The van der Waals surface area contributed by atoms with E-state index in [9.17, 15) is 14.3 Å². The number of carbonyl (C=O) groups excluding carboxylic acids is 1. The highest BCUT2D eigenvalue weighted by Gasteiger charge is 2.13. The Labute approximate surface area is 130 Å². The van der Waals surface area contributed by atoms with Gasteiger partial charge in [-0.05, 0) is 29.7 Å². The Balaban J connectivity index is 1.82. The summed E-state index contributed by atoms with van der Waals surface area (Å²) in [6.07, 6.45) is 6.11. The summed E-state index contributed by atoms with van der Waals surface area (Å²) in [5.74, 6) is -0.908. The first kappa shape index (κ1) is 14.7. The minimum atomic E-state index is -0.478. The molecule has 0 unspecified atom stereocenters. The molecule has 0 aliphatic carbocycles. The molecule has 0 atom stereocenters. The van der Waals surface area contributed by atoms with Gasteiger partial charge in [-0.3, -0.25) is 9.89 Å². The van der Waals surface area contributed by atoms with Gasteiger partial charge < -0.3 is 10.1 Å². The number of aromatic amines is 2. The van der Waals surface area contributed by atoms with Gasteiger partial charge in [-0.1, -0.05) is 12.1 Å². The minimum Gasteiger partial charge on any atom is -0.507 e. The third kappa shape index (κ3) is 3.34. The van der Waals surface area contributed by atoms with Gasteiger partial charge in [0.25, 0.3) is 0 Å². The predicted octanol–water partition coefficient (Wildman–Crippen LogP) is 2.64. The van der Waals surface area contributed by atoms with E-state index < -0.39 is 5.78 Å². The van der Waals surface area contributed by atoms with Crippen LogP contribution in [0.3, 0.4) is 0 Å². The number of halogens is 1. The summed E-state index contributed by atoms with van der Waals surface area (Å²) >= 11 is 0. The van der Waals surface area contributed by atoms with Crippen molar-refractivity contribution >= 4 is 11.5 Å². The molecule has 2 aromatic heterocycles. The van der Waals surface area contributed by atoms with Crippen molar-refractivity contribution in [3.8, 4) is 0 Å². The first-order valence-corrected chi connectivity index (χ1v) is 6.84. The fourth-order valence-electron chi connectivity index (χ4n) is 2.20. The number of nitrogens with one attached hydrogen (secondary N) is 2. The number of aliphatic hydroxyl groups excluding tert-OH is 1. The lowest BCUT2D eigenvalue weighted by Gasteiger charge is -2.04. The molecule has 6 nitrogen and oxygen atoms in total. The number of rotatable bonds is 5. The van der Waals surface area contributed by atoms with Crippen LogP contribution < -0.4 is 0 Å². The molecule has 23 heavy (non-hydrogen) atoms. The van der Waals surface area contributed by atoms with E-state index in [-0.39, 0.29) is 17.4 Å². The lowest BCUT2D eigenvalue weighted by Crippen LogP contribution is -2.00. The maximum atomic E-state index is 12.9. The van der Waals surface area contributed by atoms with Crippen LogP contribution in [0.4, 0.5) is 4.39 Å². The van der Waals surface area contributed by atoms with E-state index in [1.54, 1.807) is 24.5 Å². The van der Waals surface area contributed by atoms with E-state index >= 15 is 0 Å². The Morgan fingerprint density at radius 2 is 2.04 bits per heavy atom. The van der Waals surface area contributed by atoms with Crippen molar-refractivity contribution in [3.05, 3.63) is 77.4 Å². The second-order valence-corrected chi connectivity index (χ2v) is 4.93. The number of hydrogen-bond acceptors (Lipinski definition) is 4. The molecule has 0 bridgehead atoms. The van der Waals surface area contributed by atoms with Gasteiger partial charge in [0.15, 0.2) is 5.82 Å². The second-order valence-electron chi connectivity index (χ2n) is 4.93. The van der Waals surface area contributed by atoms with Crippen LogP contribution in [0.1, 0.15) is 27.3 Å². The standard InChI is InChI=1S/C16H13FN4O2/c17-12-3-1-10(2-4-12)5-11-7-18-8-13(11)14(22)6-15(23)16-19-9-20-21-16/h1-4,6-9,18,22H,5H2,(H,19,20,21)/b14-6-. The van der Waals surface area contributed by atoms with Crippen LogP contribution in [0.25, 0.3) is 5.76 Å². The number of carbonyl (C=O) groups is 1. The number of hydrogen-bond donors (Lipinski definition) is 3. The van der Waals surface area contributed by atoms with E-state index in [4.69, 9.17) is 0 Å². The maximum Gasteiger partial charge on any atom is 0.226 e. The molecule has 0 saturated heterocycles. The molecule has 0 fully saturated rings. The lowest BCUT2D eigenvalue weighted by molar-refractivity contribution is 0.103. The number of nitrogens with zero attached hydrogens (tertiary/aromatic N) is 2. The normalized spacial score (nSPS) is 11.6. The predicted molar refractivity (Wildman–Crippen MR) is 81.3 cm³/mol. The average Bonchev–Trinajstić information content (AvgIpc) is 3.20. The summed E-state index contributed by atoms with van der Waals surface area (Å²) in [6, 6.07) is 6.11. The lowest BCUT2D eigenvalue weighted by atomic mass is 10.0. The first-order chi connectivity index (χ1) is 11.1. The quantitative estimate of drug-likeness (QED) is 0.383. The largest absolute Gasteiger partial charge is 0.507 e. The van der Waals surface area contributed by atoms with Crippen molar-refractivity contribution in [1.82, 2.24) is 20.2 Å². The second kappa shape index (κ2) is 6.27. The molecule has 1 aromatic carbocycles. The van der Waals surface area contributed by atoms with Gasteiger partial charge in [-0.2, -0.15) is 5.10 Å². The van der Waals surface area contributed by atoms with E-state index in [1.165, 1.54) is 18.5 Å². The van der Waals surface area contributed by atoms with Crippen molar-refractivity contribution in [3.63, 3.8) is 0 Å². The Kier molecular flexibility index (Phi) is 4.01. The summed E-state index contributed by atoms with van der Waals surface area (Å²) in [5.41, 5.74) is 2.18. The smallest absolute Gasteiger partial charge is 0.226 e. The highest BCUT2D eigenvalue weighted by Crippen LogP contribution is 2.20. The van der Waals surface area contributed by atoms with Crippen molar-refractivity contribution in [1.29, 1.82) is 0 Å². The fraction of sp³-hybridized carbons (Fsp3) is 0.0625. The van der Waals surface area contributed by atoms with Crippen LogP contribution in [-0.4, -0.2) is 31.1 Å². The monoisotopic (exact) mass is 312 g/mol. The van der Waals surface area contributed by atoms with Crippen LogP contribution in [0.15, 0.2) is 49.1 Å². The average molecular weight is 312 g/mol. The van der Waals surface area contributed by atoms with Crippen LogP contribution in [0.2, 0.25) is 0 Å². The van der Waals surface area contributed by atoms with Crippen LogP contribution in [0, 0.1) is 5.82 Å².